The highest BCUT2D eigenvalue weighted by Crippen LogP contribution is 2.08. The van der Waals surface area contributed by atoms with Gasteiger partial charge in [-0.2, -0.15) is 0 Å². The topological polar surface area (TPSA) is 34.1 Å². The number of pyridine rings is 1. The smallest absolute Gasteiger partial charge is 0.272 e. The lowest BCUT2D eigenvalue weighted by Crippen LogP contribution is -2.22. The molecule has 5 heteroatoms. The number of nitrogens with one attached hydrogen (secondary N) is 1. The third kappa shape index (κ3) is 5.02. The van der Waals surface area contributed by atoms with E-state index in [-0.39, 0.29) is 5.88 Å². The van der Waals surface area contributed by atoms with Crippen LogP contribution >= 0.6 is 0 Å². The van der Waals surface area contributed by atoms with E-state index >= 15 is 0 Å². The van der Waals surface area contributed by atoms with Gasteiger partial charge in [0.1, 0.15) is 0 Å². The molecule has 0 spiro atoms. The molecular weight excluding hydrogens is 214 g/mol. The van der Waals surface area contributed by atoms with Crippen LogP contribution in [0.5, 0.6) is 5.88 Å². The van der Waals surface area contributed by atoms with Gasteiger partial charge in [-0.1, -0.05) is 19.9 Å². The molecule has 0 aromatic carbocycles. The van der Waals surface area contributed by atoms with Crippen molar-refractivity contribution in [2.75, 3.05) is 6.61 Å². The zero-order valence-corrected chi connectivity index (χ0v) is 9.41. The van der Waals surface area contributed by atoms with Crippen LogP contribution in [0.2, 0.25) is 0 Å². The summed E-state index contributed by atoms with van der Waals surface area (Å²) < 4.78 is 28.6. The molecule has 0 aliphatic rings. The summed E-state index contributed by atoms with van der Waals surface area (Å²) in [4.78, 5) is 4.10. The van der Waals surface area contributed by atoms with Crippen molar-refractivity contribution in [2.45, 2.75) is 32.9 Å². The summed E-state index contributed by atoms with van der Waals surface area (Å²) in [5, 5.41) is 3.19. The van der Waals surface area contributed by atoms with Crippen molar-refractivity contribution in [1.29, 1.82) is 0 Å². The molecule has 0 saturated carbocycles. The van der Waals surface area contributed by atoms with Gasteiger partial charge in [-0.05, 0) is 6.07 Å². The number of ether oxygens (including phenoxy) is 1. The van der Waals surface area contributed by atoms with Crippen molar-refractivity contribution in [2.24, 2.45) is 0 Å². The molecule has 0 aliphatic heterocycles. The molecule has 0 radical (unpaired) electrons. The van der Waals surface area contributed by atoms with Gasteiger partial charge in [0.2, 0.25) is 5.88 Å². The van der Waals surface area contributed by atoms with Gasteiger partial charge in [-0.15, -0.1) is 0 Å². The Morgan fingerprint density at radius 3 is 2.75 bits per heavy atom. The first-order valence-electron chi connectivity index (χ1n) is 5.18. The Morgan fingerprint density at radius 2 is 2.12 bits per heavy atom. The van der Waals surface area contributed by atoms with Crippen LogP contribution in [0.4, 0.5) is 8.78 Å². The second-order valence-corrected chi connectivity index (χ2v) is 3.70. The summed E-state index contributed by atoms with van der Waals surface area (Å²) in [6.45, 7) is 4.03. The van der Waals surface area contributed by atoms with E-state index in [0.29, 0.717) is 12.6 Å². The van der Waals surface area contributed by atoms with Gasteiger partial charge >= 0.3 is 0 Å². The van der Waals surface area contributed by atoms with Gasteiger partial charge < -0.3 is 10.1 Å². The summed E-state index contributed by atoms with van der Waals surface area (Å²) in [6, 6.07) is 5.49. The molecular formula is C11H16F2N2O. The minimum atomic E-state index is -2.47. The number of halogens is 2. The number of alkyl halides is 2. The fourth-order valence-electron chi connectivity index (χ4n) is 1.09. The van der Waals surface area contributed by atoms with Crippen LogP contribution in [0, 0.1) is 0 Å². The second kappa shape index (κ2) is 6.37. The largest absolute Gasteiger partial charge is 0.472 e. The molecule has 16 heavy (non-hydrogen) atoms. The van der Waals surface area contributed by atoms with Crippen molar-refractivity contribution in [1.82, 2.24) is 10.3 Å². The molecule has 90 valence electrons. The standard InChI is InChI=1S/C11H16F2N2O/c1-8(2)14-6-9-4-3-5-11(15-9)16-7-10(12)13/h3-5,8,10,14H,6-7H2,1-2H3. The maximum absolute atomic E-state index is 11.9. The molecule has 0 bridgehead atoms. The maximum Gasteiger partial charge on any atom is 0.272 e. The third-order valence-electron chi connectivity index (χ3n) is 1.83. The van der Waals surface area contributed by atoms with Crippen LogP contribution in [-0.2, 0) is 6.54 Å². The Morgan fingerprint density at radius 1 is 1.38 bits per heavy atom. The Kier molecular flexibility index (Phi) is 5.11. The van der Waals surface area contributed by atoms with Crippen molar-refractivity contribution in [3.63, 3.8) is 0 Å². The maximum atomic E-state index is 11.9. The molecule has 1 N–H and O–H groups in total. The summed E-state index contributed by atoms with van der Waals surface area (Å²) >= 11 is 0. The van der Waals surface area contributed by atoms with Crippen LogP contribution < -0.4 is 10.1 Å². The highest BCUT2D eigenvalue weighted by atomic mass is 19.3. The van der Waals surface area contributed by atoms with Gasteiger partial charge in [0.05, 0.1) is 5.69 Å². The molecule has 0 unspecified atom stereocenters. The molecule has 1 rings (SSSR count). The molecule has 0 amide bonds. The van der Waals surface area contributed by atoms with Gasteiger partial charge in [0.15, 0.2) is 6.61 Å². The zero-order chi connectivity index (χ0) is 12.0. The predicted octanol–water partition coefficient (Wildman–Crippen LogP) is 2.22. The Balaban J connectivity index is 2.50. The monoisotopic (exact) mass is 230 g/mol. The van der Waals surface area contributed by atoms with E-state index in [1.54, 1.807) is 12.1 Å². The SMILES string of the molecule is CC(C)NCc1cccc(OCC(F)F)n1. The van der Waals surface area contributed by atoms with Crippen LogP contribution in [0.25, 0.3) is 0 Å². The number of nitrogens with zero attached hydrogens (tertiary/aromatic N) is 1. The molecule has 0 atom stereocenters. The van der Waals surface area contributed by atoms with Crippen molar-refractivity contribution in [3.05, 3.63) is 23.9 Å². The van der Waals surface area contributed by atoms with Gasteiger partial charge in [-0.25, -0.2) is 13.8 Å². The van der Waals surface area contributed by atoms with Gasteiger partial charge in [0, 0.05) is 18.7 Å². The Hall–Kier alpha value is -1.23. The summed E-state index contributed by atoms with van der Waals surface area (Å²) in [6.07, 6.45) is -2.47. The molecule has 3 nitrogen and oxygen atoms in total. The fraction of sp³-hybridized carbons (Fsp3) is 0.545. The molecule has 1 aromatic rings. The summed E-state index contributed by atoms with van der Waals surface area (Å²) in [5.74, 6) is 0.239. The van der Waals surface area contributed by atoms with Crippen LogP contribution in [0.3, 0.4) is 0 Å². The lowest BCUT2D eigenvalue weighted by molar-refractivity contribution is 0.0795. The fourth-order valence-corrected chi connectivity index (χ4v) is 1.09. The molecule has 0 saturated heterocycles. The quantitative estimate of drug-likeness (QED) is 0.813. The lowest BCUT2D eigenvalue weighted by atomic mass is 10.3. The van der Waals surface area contributed by atoms with Gasteiger partial charge in [0.25, 0.3) is 6.43 Å². The van der Waals surface area contributed by atoms with Crippen molar-refractivity contribution >= 4 is 0 Å². The number of rotatable bonds is 6. The predicted molar refractivity (Wildman–Crippen MR) is 57.7 cm³/mol. The van der Waals surface area contributed by atoms with Crippen molar-refractivity contribution < 1.29 is 13.5 Å². The molecule has 0 aliphatic carbocycles. The normalized spacial score (nSPS) is 11.1. The average molecular weight is 230 g/mol. The van der Waals surface area contributed by atoms with Crippen LogP contribution in [0.1, 0.15) is 19.5 Å². The Bertz CT molecular complexity index is 291. The van der Waals surface area contributed by atoms with E-state index in [4.69, 9.17) is 4.74 Å². The number of hydrogen-bond acceptors (Lipinski definition) is 3. The highest BCUT2D eigenvalue weighted by Gasteiger charge is 2.05. The van der Waals surface area contributed by atoms with Crippen LogP contribution in [-0.4, -0.2) is 24.1 Å². The van der Waals surface area contributed by atoms with E-state index in [9.17, 15) is 8.78 Å². The van der Waals surface area contributed by atoms with E-state index in [1.807, 2.05) is 19.9 Å². The second-order valence-electron chi connectivity index (χ2n) is 3.70. The van der Waals surface area contributed by atoms with Crippen molar-refractivity contribution in [3.8, 4) is 5.88 Å². The van der Waals surface area contributed by atoms with E-state index in [2.05, 4.69) is 10.3 Å². The first-order chi connectivity index (χ1) is 7.58. The number of aromatic nitrogens is 1. The molecule has 1 aromatic heterocycles. The van der Waals surface area contributed by atoms with E-state index in [1.165, 1.54) is 0 Å². The van der Waals surface area contributed by atoms with E-state index < -0.39 is 13.0 Å². The minimum absolute atomic E-state index is 0.239. The first kappa shape index (κ1) is 12.8. The lowest BCUT2D eigenvalue weighted by Gasteiger charge is -2.09. The molecule has 1 heterocycles. The molecule has 0 fully saturated rings. The zero-order valence-electron chi connectivity index (χ0n) is 9.41. The first-order valence-corrected chi connectivity index (χ1v) is 5.18. The van der Waals surface area contributed by atoms with Crippen LogP contribution in [0.15, 0.2) is 18.2 Å². The summed E-state index contributed by atoms with van der Waals surface area (Å²) in [7, 11) is 0. The number of hydrogen-bond donors (Lipinski definition) is 1. The summed E-state index contributed by atoms with van der Waals surface area (Å²) in [5.41, 5.74) is 0.778. The Labute approximate surface area is 93.8 Å². The minimum Gasteiger partial charge on any atom is -0.472 e. The average Bonchev–Trinajstić information content (AvgIpc) is 2.24. The van der Waals surface area contributed by atoms with E-state index in [0.717, 1.165) is 5.69 Å². The van der Waals surface area contributed by atoms with Gasteiger partial charge in [-0.3, -0.25) is 0 Å². The third-order valence-corrected chi connectivity index (χ3v) is 1.83. The highest BCUT2D eigenvalue weighted by molar-refractivity contribution is 5.15.